The molecule has 2 aliphatic carbocycles. The van der Waals surface area contributed by atoms with Crippen LogP contribution in [0, 0.1) is 35.5 Å². The van der Waals surface area contributed by atoms with Gasteiger partial charge >= 0.3 is 6.03 Å². The van der Waals surface area contributed by atoms with Crippen LogP contribution in [0.25, 0.3) is 0 Å². The Morgan fingerprint density at radius 2 is 1.67 bits per heavy atom. The van der Waals surface area contributed by atoms with Gasteiger partial charge in [0.1, 0.15) is 12.1 Å². The van der Waals surface area contributed by atoms with Crippen LogP contribution in [0.1, 0.15) is 92.1 Å². The lowest BCUT2D eigenvalue weighted by Gasteiger charge is -2.38. The molecule has 3 fully saturated rings. The minimum Gasteiger partial charge on any atom is -0.369 e. The first kappa shape index (κ1) is 39.8. The summed E-state index contributed by atoms with van der Waals surface area (Å²) in [6.45, 7) is 17.8. The number of fused-ring (bicyclic) bond motifs is 1. The number of rotatable bonds is 15. The van der Waals surface area contributed by atoms with Gasteiger partial charge in [-0.1, -0.05) is 73.3 Å². The van der Waals surface area contributed by atoms with Gasteiger partial charge in [0.2, 0.25) is 28.5 Å². The van der Waals surface area contributed by atoms with Crippen molar-refractivity contribution in [3.63, 3.8) is 0 Å². The first-order valence-corrected chi connectivity index (χ1v) is 18.5. The highest BCUT2D eigenvalue weighted by atomic mass is 16.2. The fourth-order valence-electron chi connectivity index (χ4n) is 8.26. The largest absolute Gasteiger partial charge is 0.369 e. The highest BCUT2D eigenvalue weighted by Crippen LogP contribution is 2.65. The van der Waals surface area contributed by atoms with Crippen LogP contribution >= 0.6 is 0 Å². The second-order valence-electron chi connectivity index (χ2n) is 16.5. The molecule has 0 radical (unpaired) electrons. The maximum atomic E-state index is 14.6. The number of likely N-dealkylation sites (N-methyl/N-ethyl adjacent to an activating group) is 1. The van der Waals surface area contributed by atoms with E-state index >= 15 is 0 Å². The lowest BCUT2D eigenvalue weighted by molar-refractivity contribution is -0.144. The molecule has 13 heteroatoms. The smallest absolute Gasteiger partial charge is 0.315 e. The Morgan fingerprint density at radius 3 is 2.24 bits per heavy atom. The molecule has 2 saturated carbocycles. The minimum absolute atomic E-state index is 0.0777. The number of likely N-dealkylation sites (tertiary alicyclic amines) is 1. The van der Waals surface area contributed by atoms with E-state index in [4.69, 9.17) is 0 Å². The van der Waals surface area contributed by atoms with Gasteiger partial charge < -0.3 is 31.1 Å². The molecule has 1 heterocycles. The van der Waals surface area contributed by atoms with Crippen LogP contribution in [0.3, 0.4) is 0 Å². The second kappa shape index (κ2) is 15.7. The average molecular weight is 711 g/mol. The molecule has 5 amide bonds. The molecule has 0 aromatic heterocycles. The van der Waals surface area contributed by atoms with E-state index in [2.05, 4.69) is 41.7 Å². The van der Waals surface area contributed by atoms with E-state index in [1.54, 1.807) is 23.8 Å². The van der Waals surface area contributed by atoms with Crippen molar-refractivity contribution in [3.05, 3.63) is 38.7 Å². The van der Waals surface area contributed by atoms with Crippen molar-refractivity contribution in [2.45, 2.75) is 118 Å². The summed E-state index contributed by atoms with van der Waals surface area (Å²) in [5.41, 5.74) is -0.939. The number of nitrogens with one attached hydrogen (secondary N) is 4. The van der Waals surface area contributed by atoms with Crippen LogP contribution in [-0.2, 0) is 19.2 Å². The Kier molecular flexibility index (Phi) is 12.2. The first-order valence-electron chi connectivity index (χ1n) is 18.5. The van der Waals surface area contributed by atoms with E-state index in [9.17, 15) is 33.6 Å². The van der Waals surface area contributed by atoms with Crippen LogP contribution in [-0.4, -0.2) is 85.3 Å². The summed E-state index contributed by atoms with van der Waals surface area (Å²) in [7, 11) is 1.72. The van der Waals surface area contributed by atoms with Gasteiger partial charge in [-0.15, -0.1) is 6.58 Å². The molecule has 1 saturated heterocycles. The number of hydrogen-bond donors (Lipinski definition) is 4. The monoisotopic (exact) mass is 710 g/mol. The Hall–Kier alpha value is -4.03. The fourth-order valence-corrected chi connectivity index (χ4v) is 8.26. The van der Waals surface area contributed by atoms with Crippen molar-refractivity contribution in [1.29, 1.82) is 0 Å². The molecule has 1 aliphatic heterocycles. The molecule has 6 atom stereocenters. The standard InChI is InChI=1S/C38H58N6O7/c1-10-15-24(31(46)34(49)39-18-11-2)40-33(48)29-26-23(38(26,7)8)19-44(29)35(50)27(22-16-13-12-14-17-22)42-36(51)41-25(37(4,5)6)20-43(9)28-21(3)30(45)32(28)47/h11,22-27,29H,2,10,12-20H2,1,3-9H3,(H,39,49)(H,40,48)(H2,41,42,51)/t23-,24?,25+,26-,27-,29-/m0/s1. The second-order valence-corrected chi connectivity index (χ2v) is 16.5. The molecule has 1 aromatic carbocycles. The van der Waals surface area contributed by atoms with Crippen LogP contribution in [0.2, 0.25) is 0 Å². The number of anilines is 1. The molecule has 51 heavy (non-hydrogen) atoms. The molecule has 4 rings (SSSR count). The SMILES string of the molecule is C=CCNC(=O)C(=O)C(CCC)NC(=O)[C@@H]1[C@@H]2[C@H](CN1C(=O)[C@@H](NC(=O)N[C@H](CN(C)c1c(C)c(=O)c1=O)C(C)(C)C)C1CCCCC1)C2(C)C. The zero-order valence-corrected chi connectivity index (χ0v) is 31.6. The predicted octanol–water partition coefficient (Wildman–Crippen LogP) is 2.33. The Labute approximate surface area is 301 Å². The van der Waals surface area contributed by atoms with Gasteiger partial charge in [0, 0.05) is 32.2 Å². The summed E-state index contributed by atoms with van der Waals surface area (Å²) in [5, 5.41) is 11.4. The summed E-state index contributed by atoms with van der Waals surface area (Å²) >= 11 is 0. The van der Waals surface area contributed by atoms with Gasteiger partial charge in [0.25, 0.3) is 5.91 Å². The van der Waals surface area contributed by atoms with Crippen LogP contribution in [0.15, 0.2) is 22.2 Å². The third kappa shape index (κ3) is 8.38. The van der Waals surface area contributed by atoms with Gasteiger partial charge in [-0.25, -0.2) is 4.79 Å². The first-order chi connectivity index (χ1) is 23.9. The van der Waals surface area contributed by atoms with Crippen LogP contribution < -0.4 is 37.0 Å². The number of piperidine rings is 1. The molecular formula is C38H58N6O7. The van der Waals surface area contributed by atoms with E-state index in [1.165, 1.54) is 6.08 Å². The van der Waals surface area contributed by atoms with Gasteiger partial charge in [-0.05, 0) is 54.8 Å². The summed E-state index contributed by atoms with van der Waals surface area (Å²) < 4.78 is 0. The number of carbonyl (C=O) groups is 5. The Balaban J connectivity index is 1.55. The summed E-state index contributed by atoms with van der Waals surface area (Å²) in [6, 6.07) is -3.76. The maximum absolute atomic E-state index is 14.6. The van der Waals surface area contributed by atoms with Crippen molar-refractivity contribution in [1.82, 2.24) is 26.2 Å². The number of urea groups is 1. The molecule has 13 nitrogen and oxygen atoms in total. The highest BCUT2D eigenvalue weighted by Gasteiger charge is 2.69. The summed E-state index contributed by atoms with van der Waals surface area (Å²) in [6.07, 6.45) is 6.67. The number of hydrogen-bond acceptors (Lipinski definition) is 8. The van der Waals surface area contributed by atoms with Crippen molar-refractivity contribution in [3.8, 4) is 0 Å². The molecule has 3 aliphatic rings. The molecule has 0 bridgehead atoms. The number of amides is 5. The zero-order chi connectivity index (χ0) is 38.0. The quantitative estimate of drug-likeness (QED) is 0.159. The number of ketones is 1. The number of nitrogens with zero attached hydrogens (tertiary/aromatic N) is 2. The van der Waals surface area contributed by atoms with Crippen molar-refractivity contribution < 1.29 is 24.0 Å². The normalized spacial score (nSPS) is 23.0. The molecule has 282 valence electrons. The van der Waals surface area contributed by atoms with E-state index in [1.807, 2.05) is 27.7 Å². The number of Topliss-reactive ketones (excluding diaryl/α,β-unsaturated/α-hetero) is 1. The minimum atomic E-state index is -1.04. The van der Waals surface area contributed by atoms with Crippen molar-refractivity contribution >= 4 is 35.2 Å². The summed E-state index contributed by atoms with van der Waals surface area (Å²) in [5.74, 6) is -2.53. The molecule has 1 aromatic rings. The van der Waals surface area contributed by atoms with Crippen molar-refractivity contribution in [2.75, 3.05) is 31.6 Å². The van der Waals surface area contributed by atoms with Crippen molar-refractivity contribution in [2.24, 2.45) is 28.6 Å². The van der Waals surface area contributed by atoms with E-state index in [0.29, 0.717) is 24.2 Å². The van der Waals surface area contributed by atoms with Gasteiger partial charge in [-0.3, -0.25) is 28.8 Å². The van der Waals surface area contributed by atoms with Gasteiger partial charge in [0.15, 0.2) is 0 Å². The highest BCUT2D eigenvalue weighted by molar-refractivity contribution is 6.38. The zero-order valence-electron chi connectivity index (χ0n) is 31.6. The predicted molar refractivity (Wildman–Crippen MR) is 196 cm³/mol. The Morgan fingerprint density at radius 1 is 1.02 bits per heavy atom. The van der Waals surface area contributed by atoms with E-state index < -0.39 is 64.1 Å². The summed E-state index contributed by atoms with van der Waals surface area (Å²) in [4.78, 5) is 95.5. The van der Waals surface area contributed by atoms with Gasteiger partial charge in [-0.2, -0.15) is 0 Å². The topological polar surface area (TPSA) is 174 Å². The van der Waals surface area contributed by atoms with Crippen LogP contribution in [0.4, 0.5) is 10.5 Å². The van der Waals surface area contributed by atoms with E-state index in [0.717, 1.165) is 32.1 Å². The fraction of sp³-hybridized carbons (Fsp3) is 0.711. The number of carbonyl (C=O) groups excluding carboxylic acids is 5. The van der Waals surface area contributed by atoms with E-state index in [-0.39, 0.29) is 48.6 Å². The van der Waals surface area contributed by atoms with Gasteiger partial charge in [0.05, 0.1) is 17.8 Å². The lowest BCUT2D eigenvalue weighted by atomic mass is 9.83. The average Bonchev–Trinajstić information content (AvgIpc) is 3.38. The third-order valence-electron chi connectivity index (χ3n) is 11.6. The van der Waals surface area contributed by atoms with Crippen LogP contribution in [0.5, 0.6) is 0 Å². The maximum Gasteiger partial charge on any atom is 0.315 e. The molecule has 4 N–H and O–H groups in total. The lowest BCUT2D eigenvalue weighted by Crippen LogP contribution is -2.62. The molecule has 0 spiro atoms. The molecule has 1 unspecified atom stereocenters. The molecular weight excluding hydrogens is 652 g/mol. The Bertz CT molecular complexity index is 1580. The third-order valence-corrected chi connectivity index (χ3v) is 11.6.